The average molecular weight is 255 g/mol. The van der Waals surface area contributed by atoms with Gasteiger partial charge in [-0.1, -0.05) is 19.1 Å². The standard InChI is InChI=1S/C15H13NO3/c1-3-10-8-13(18)19-15-11-6-4-5-7-12(11)16(9(2)17)14(10)15/h4-8H,3H2,1-2H3. The molecule has 4 nitrogen and oxygen atoms in total. The summed E-state index contributed by atoms with van der Waals surface area (Å²) < 4.78 is 6.94. The quantitative estimate of drug-likeness (QED) is 0.671. The van der Waals surface area contributed by atoms with Gasteiger partial charge in [0.1, 0.15) is 0 Å². The van der Waals surface area contributed by atoms with E-state index in [1.165, 1.54) is 13.0 Å². The fourth-order valence-corrected chi connectivity index (χ4v) is 2.54. The Labute approximate surface area is 109 Å². The SMILES string of the molecule is CCc1cc(=O)oc2c3ccccc3n(C(C)=O)c12. The first kappa shape index (κ1) is 11.7. The molecule has 0 aliphatic rings. The lowest BCUT2D eigenvalue weighted by molar-refractivity contribution is 0.0946. The molecule has 19 heavy (non-hydrogen) atoms. The van der Waals surface area contributed by atoms with Gasteiger partial charge in [-0.2, -0.15) is 0 Å². The zero-order chi connectivity index (χ0) is 13.6. The van der Waals surface area contributed by atoms with Crippen molar-refractivity contribution in [2.75, 3.05) is 0 Å². The molecule has 0 N–H and O–H groups in total. The van der Waals surface area contributed by atoms with Crippen LogP contribution in [0.5, 0.6) is 0 Å². The van der Waals surface area contributed by atoms with Gasteiger partial charge in [0, 0.05) is 18.4 Å². The third-order valence-corrected chi connectivity index (χ3v) is 3.32. The van der Waals surface area contributed by atoms with Crippen molar-refractivity contribution in [3.8, 4) is 0 Å². The van der Waals surface area contributed by atoms with E-state index in [1.54, 1.807) is 4.57 Å². The van der Waals surface area contributed by atoms with E-state index in [1.807, 2.05) is 31.2 Å². The van der Waals surface area contributed by atoms with Gasteiger partial charge in [0.05, 0.1) is 11.0 Å². The highest BCUT2D eigenvalue weighted by Gasteiger charge is 2.18. The first-order valence-electron chi connectivity index (χ1n) is 6.20. The van der Waals surface area contributed by atoms with Gasteiger partial charge < -0.3 is 4.42 Å². The Kier molecular flexibility index (Phi) is 2.52. The normalized spacial score (nSPS) is 11.3. The van der Waals surface area contributed by atoms with Crippen molar-refractivity contribution in [1.82, 2.24) is 4.57 Å². The van der Waals surface area contributed by atoms with E-state index >= 15 is 0 Å². The third-order valence-electron chi connectivity index (χ3n) is 3.32. The molecule has 0 saturated carbocycles. The van der Waals surface area contributed by atoms with E-state index in [0.29, 0.717) is 17.5 Å². The van der Waals surface area contributed by atoms with Crippen LogP contribution in [-0.2, 0) is 6.42 Å². The molecule has 3 aromatic rings. The molecule has 0 amide bonds. The Bertz CT molecular complexity index is 855. The summed E-state index contributed by atoms with van der Waals surface area (Å²) >= 11 is 0. The molecule has 1 aromatic carbocycles. The van der Waals surface area contributed by atoms with Gasteiger partial charge in [0.15, 0.2) is 5.58 Å². The molecule has 0 atom stereocenters. The van der Waals surface area contributed by atoms with Crippen LogP contribution in [0.25, 0.3) is 22.0 Å². The predicted molar refractivity (Wildman–Crippen MR) is 73.7 cm³/mol. The molecule has 0 spiro atoms. The number of aromatic nitrogens is 1. The van der Waals surface area contributed by atoms with Gasteiger partial charge in [0.2, 0.25) is 5.91 Å². The van der Waals surface area contributed by atoms with Crippen molar-refractivity contribution in [2.24, 2.45) is 0 Å². The zero-order valence-electron chi connectivity index (χ0n) is 10.8. The molecule has 3 rings (SSSR count). The molecule has 0 radical (unpaired) electrons. The average Bonchev–Trinajstić information content (AvgIpc) is 2.72. The van der Waals surface area contributed by atoms with E-state index in [9.17, 15) is 9.59 Å². The van der Waals surface area contributed by atoms with Crippen molar-refractivity contribution >= 4 is 27.9 Å². The Hall–Kier alpha value is -2.36. The molecule has 4 heteroatoms. The number of hydrogen-bond acceptors (Lipinski definition) is 3. The largest absolute Gasteiger partial charge is 0.420 e. The Morgan fingerprint density at radius 2 is 2.05 bits per heavy atom. The van der Waals surface area contributed by atoms with Crippen LogP contribution < -0.4 is 5.63 Å². The Morgan fingerprint density at radius 1 is 1.32 bits per heavy atom. The molecule has 0 fully saturated rings. The zero-order valence-corrected chi connectivity index (χ0v) is 10.8. The smallest absolute Gasteiger partial charge is 0.336 e. The Morgan fingerprint density at radius 3 is 2.74 bits per heavy atom. The maximum absolute atomic E-state index is 11.9. The third kappa shape index (κ3) is 1.60. The second-order valence-electron chi connectivity index (χ2n) is 4.49. The molecule has 0 unspecified atom stereocenters. The van der Waals surface area contributed by atoms with Gasteiger partial charge in [-0.3, -0.25) is 9.36 Å². The lowest BCUT2D eigenvalue weighted by Crippen LogP contribution is -2.08. The fraction of sp³-hybridized carbons (Fsp3) is 0.200. The molecule has 0 aliphatic carbocycles. The number of rotatable bonds is 1. The number of fused-ring (bicyclic) bond motifs is 3. The molecule has 0 bridgehead atoms. The predicted octanol–water partition coefficient (Wildman–Crippen LogP) is 2.97. The molecule has 96 valence electrons. The van der Waals surface area contributed by atoms with Gasteiger partial charge in [-0.05, 0) is 24.1 Å². The van der Waals surface area contributed by atoms with Crippen LogP contribution >= 0.6 is 0 Å². The van der Waals surface area contributed by atoms with Crippen LogP contribution in [0.1, 0.15) is 24.2 Å². The summed E-state index contributed by atoms with van der Waals surface area (Å²) in [5.41, 5.74) is 2.42. The second-order valence-corrected chi connectivity index (χ2v) is 4.49. The molecular weight excluding hydrogens is 242 g/mol. The van der Waals surface area contributed by atoms with Crippen LogP contribution in [0.3, 0.4) is 0 Å². The van der Waals surface area contributed by atoms with E-state index in [-0.39, 0.29) is 11.5 Å². The minimum atomic E-state index is -0.379. The second kappa shape index (κ2) is 4.09. The van der Waals surface area contributed by atoms with Crippen molar-refractivity contribution < 1.29 is 9.21 Å². The number of hydrogen-bond donors (Lipinski definition) is 0. The summed E-state index contributed by atoms with van der Waals surface area (Å²) in [4.78, 5) is 23.6. The molecule has 2 heterocycles. The van der Waals surface area contributed by atoms with Crippen molar-refractivity contribution in [3.63, 3.8) is 0 Å². The maximum Gasteiger partial charge on any atom is 0.336 e. The lowest BCUT2D eigenvalue weighted by Gasteiger charge is -2.04. The van der Waals surface area contributed by atoms with Crippen LogP contribution in [0.2, 0.25) is 0 Å². The number of carbonyl (C=O) groups excluding carboxylic acids is 1. The minimum Gasteiger partial charge on any atom is -0.420 e. The van der Waals surface area contributed by atoms with Crippen molar-refractivity contribution in [3.05, 3.63) is 46.3 Å². The fourth-order valence-electron chi connectivity index (χ4n) is 2.54. The van der Waals surface area contributed by atoms with E-state index in [2.05, 4.69) is 0 Å². The van der Waals surface area contributed by atoms with E-state index in [0.717, 1.165) is 16.5 Å². The summed E-state index contributed by atoms with van der Waals surface area (Å²) in [5, 5.41) is 0.792. The number of benzene rings is 1. The van der Waals surface area contributed by atoms with Crippen LogP contribution in [0.15, 0.2) is 39.5 Å². The van der Waals surface area contributed by atoms with E-state index < -0.39 is 0 Å². The number of carbonyl (C=O) groups is 1. The number of nitrogens with zero attached hydrogens (tertiary/aromatic N) is 1. The first-order chi connectivity index (χ1) is 9.13. The summed E-state index contributed by atoms with van der Waals surface area (Å²) in [6.07, 6.45) is 0.672. The first-order valence-corrected chi connectivity index (χ1v) is 6.20. The molecule has 2 aromatic heterocycles. The Balaban J connectivity index is 2.68. The van der Waals surface area contributed by atoms with Crippen LogP contribution in [0.4, 0.5) is 0 Å². The lowest BCUT2D eigenvalue weighted by atomic mass is 10.1. The van der Waals surface area contributed by atoms with Crippen molar-refractivity contribution in [2.45, 2.75) is 20.3 Å². The monoisotopic (exact) mass is 255 g/mol. The summed E-state index contributed by atoms with van der Waals surface area (Å²) in [5.74, 6) is -0.0882. The molecule has 0 aliphatic heterocycles. The molecular formula is C15H13NO3. The molecule has 0 saturated heterocycles. The minimum absolute atomic E-state index is 0.0882. The van der Waals surface area contributed by atoms with Gasteiger partial charge >= 0.3 is 5.63 Å². The highest BCUT2D eigenvalue weighted by atomic mass is 16.4. The van der Waals surface area contributed by atoms with Crippen LogP contribution in [-0.4, -0.2) is 10.5 Å². The van der Waals surface area contributed by atoms with Gasteiger partial charge in [-0.25, -0.2) is 4.79 Å². The number of para-hydroxylation sites is 1. The van der Waals surface area contributed by atoms with Crippen LogP contribution in [0, 0.1) is 0 Å². The maximum atomic E-state index is 11.9. The summed E-state index contributed by atoms with van der Waals surface area (Å²) in [7, 11) is 0. The highest BCUT2D eigenvalue weighted by molar-refractivity contribution is 6.11. The number of aryl methyl sites for hydroxylation is 1. The summed E-state index contributed by atoms with van der Waals surface area (Å²) in [6.45, 7) is 3.47. The summed E-state index contributed by atoms with van der Waals surface area (Å²) in [6, 6.07) is 8.91. The van der Waals surface area contributed by atoms with Gasteiger partial charge in [-0.15, -0.1) is 0 Å². The van der Waals surface area contributed by atoms with Crippen molar-refractivity contribution in [1.29, 1.82) is 0 Å². The highest BCUT2D eigenvalue weighted by Crippen LogP contribution is 2.30. The van der Waals surface area contributed by atoms with E-state index in [4.69, 9.17) is 4.42 Å². The topological polar surface area (TPSA) is 52.2 Å². The van der Waals surface area contributed by atoms with Gasteiger partial charge in [0.25, 0.3) is 0 Å².